The highest BCUT2D eigenvalue weighted by molar-refractivity contribution is 9.09. The van der Waals surface area contributed by atoms with E-state index in [2.05, 4.69) is 51.6 Å². The molecule has 0 bridgehead atoms. The van der Waals surface area contributed by atoms with Crippen molar-refractivity contribution in [1.29, 1.82) is 0 Å². The van der Waals surface area contributed by atoms with E-state index in [1.807, 2.05) is 18.2 Å². The molecule has 18 heavy (non-hydrogen) atoms. The van der Waals surface area contributed by atoms with Crippen molar-refractivity contribution in [3.05, 3.63) is 70.1 Å². The van der Waals surface area contributed by atoms with Crippen LogP contribution >= 0.6 is 38.9 Å². The predicted molar refractivity (Wildman–Crippen MR) is 84.0 cm³/mol. The van der Waals surface area contributed by atoms with Gasteiger partial charge in [0, 0.05) is 9.72 Å². The summed E-state index contributed by atoms with van der Waals surface area (Å²) in [5.41, 5.74) is 2.49. The molecular weight excluding hydrogens is 328 g/mol. The van der Waals surface area contributed by atoms with Gasteiger partial charge < -0.3 is 0 Å². The Morgan fingerprint density at radius 1 is 1.06 bits per heavy atom. The average Bonchev–Trinajstić information content (AvgIpc) is 2.82. The lowest BCUT2D eigenvalue weighted by Gasteiger charge is -2.10. The Bertz CT molecular complexity index is 690. The van der Waals surface area contributed by atoms with Crippen LogP contribution in [0.25, 0.3) is 10.1 Å². The highest BCUT2D eigenvalue weighted by Gasteiger charge is 2.14. The first-order chi connectivity index (χ1) is 8.75. The lowest BCUT2D eigenvalue weighted by Crippen LogP contribution is -1.90. The van der Waals surface area contributed by atoms with Crippen LogP contribution in [0.4, 0.5) is 0 Å². The van der Waals surface area contributed by atoms with E-state index in [0.29, 0.717) is 0 Å². The lowest BCUT2D eigenvalue weighted by atomic mass is 10.0. The van der Waals surface area contributed by atoms with Crippen molar-refractivity contribution in [2.45, 2.75) is 4.83 Å². The molecule has 0 N–H and O–H groups in total. The molecule has 0 spiro atoms. The molecule has 0 aliphatic heterocycles. The number of hydrogen-bond donors (Lipinski definition) is 0. The maximum Gasteiger partial charge on any atom is 0.0659 e. The first-order valence-electron chi connectivity index (χ1n) is 5.61. The smallest absolute Gasteiger partial charge is 0.0659 e. The maximum atomic E-state index is 6.05. The summed E-state index contributed by atoms with van der Waals surface area (Å²) in [6, 6.07) is 16.5. The molecular formula is C15H10BrClS. The Kier molecular flexibility index (Phi) is 3.42. The zero-order valence-corrected chi connectivity index (χ0v) is 12.6. The van der Waals surface area contributed by atoms with Crippen molar-refractivity contribution in [1.82, 2.24) is 0 Å². The fourth-order valence-electron chi connectivity index (χ4n) is 2.04. The fourth-order valence-corrected chi connectivity index (χ4v) is 4.06. The van der Waals surface area contributed by atoms with Crippen LogP contribution in [0.1, 0.15) is 16.0 Å². The van der Waals surface area contributed by atoms with Crippen LogP contribution < -0.4 is 0 Å². The Balaban J connectivity index is 2.09. The molecule has 0 fully saturated rings. The Labute approximate surface area is 123 Å². The number of hydrogen-bond acceptors (Lipinski definition) is 1. The molecule has 3 heteroatoms. The SMILES string of the molecule is Clc1cccc(C(Br)c2csc3ccccc23)c1. The topological polar surface area (TPSA) is 0 Å². The van der Waals surface area contributed by atoms with E-state index >= 15 is 0 Å². The first-order valence-corrected chi connectivity index (χ1v) is 7.79. The van der Waals surface area contributed by atoms with Crippen LogP contribution in [0, 0.1) is 0 Å². The van der Waals surface area contributed by atoms with Crippen molar-refractivity contribution in [3.8, 4) is 0 Å². The normalized spacial score (nSPS) is 12.8. The fraction of sp³-hybridized carbons (Fsp3) is 0.0667. The number of fused-ring (bicyclic) bond motifs is 1. The molecule has 90 valence electrons. The van der Waals surface area contributed by atoms with Crippen molar-refractivity contribution in [3.63, 3.8) is 0 Å². The van der Waals surface area contributed by atoms with Crippen LogP contribution in [0.5, 0.6) is 0 Å². The van der Waals surface area contributed by atoms with Crippen molar-refractivity contribution in [2.24, 2.45) is 0 Å². The molecule has 0 aliphatic rings. The summed E-state index contributed by atoms with van der Waals surface area (Å²) in [7, 11) is 0. The quantitative estimate of drug-likeness (QED) is 0.500. The van der Waals surface area contributed by atoms with Gasteiger partial charge in [-0.2, -0.15) is 0 Å². The van der Waals surface area contributed by atoms with Crippen molar-refractivity contribution >= 4 is 49.0 Å². The summed E-state index contributed by atoms with van der Waals surface area (Å²) in [6.45, 7) is 0. The average molecular weight is 338 g/mol. The molecule has 2 aromatic carbocycles. The van der Waals surface area contributed by atoms with Crippen LogP contribution in [0.2, 0.25) is 5.02 Å². The monoisotopic (exact) mass is 336 g/mol. The third-order valence-electron chi connectivity index (χ3n) is 2.93. The van der Waals surface area contributed by atoms with Crippen molar-refractivity contribution < 1.29 is 0 Å². The van der Waals surface area contributed by atoms with Crippen LogP contribution in [-0.2, 0) is 0 Å². The van der Waals surface area contributed by atoms with Gasteiger partial charge in [0.05, 0.1) is 4.83 Å². The summed E-state index contributed by atoms with van der Waals surface area (Å²) >= 11 is 11.6. The molecule has 3 aromatic rings. The van der Waals surface area contributed by atoms with Gasteiger partial charge in [0.2, 0.25) is 0 Å². The van der Waals surface area contributed by atoms with Gasteiger partial charge in [0.1, 0.15) is 0 Å². The van der Waals surface area contributed by atoms with E-state index in [1.54, 1.807) is 11.3 Å². The van der Waals surface area contributed by atoms with E-state index in [0.717, 1.165) is 5.02 Å². The number of rotatable bonds is 2. The van der Waals surface area contributed by atoms with Gasteiger partial charge >= 0.3 is 0 Å². The summed E-state index contributed by atoms with van der Waals surface area (Å²) in [5, 5.41) is 4.30. The molecule has 0 radical (unpaired) electrons. The highest BCUT2D eigenvalue weighted by atomic mass is 79.9. The summed E-state index contributed by atoms with van der Waals surface area (Å²) < 4.78 is 1.32. The van der Waals surface area contributed by atoms with Crippen molar-refractivity contribution in [2.75, 3.05) is 0 Å². The molecule has 1 aromatic heterocycles. The summed E-state index contributed by atoms with van der Waals surface area (Å²) in [5.74, 6) is 0. The third kappa shape index (κ3) is 2.20. The number of halogens is 2. The Morgan fingerprint density at radius 3 is 2.72 bits per heavy atom. The highest BCUT2D eigenvalue weighted by Crippen LogP contribution is 2.38. The van der Waals surface area contributed by atoms with Gasteiger partial charge in [-0.05, 0) is 40.1 Å². The number of thiophene rings is 1. The van der Waals surface area contributed by atoms with Crippen LogP contribution in [-0.4, -0.2) is 0 Å². The summed E-state index contributed by atoms with van der Waals surface area (Å²) in [6.07, 6.45) is 0. The second kappa shape index (κ2) is 5.04. The molecule has 1 heterocycles. The van der Waals surface area contributed by atoms with Crippen LogP contribution in [0.3, 0.4) is 0 Å². The molecule has 1 atom stereocenters. The molecule has 0 amide bonds. The molecule has 0 saturated carbocycles. The van der Waals surface area contributed by atoms with Gasteiger partial charge in [-0.15, -0.1) is 11.3 Å². The minimum atomic E-state index is 0.187. The van der Waals surface area contributed by atoms with E-state index < -0.39 is 0 Å². The van der Waals surface area contributed by atoms with E-state index in [9.17, 15) is 0 Å². The summed E-state index contributed by atoms with van der Waals surface area (Å²) in [4.78, 5) is 0.187. The number of alkyl halides is 1. The maximum absolute atomic E-state index is 6.05. The van der Waals surface area contributed by atoms with Gasteiger partial charge in [-0.25, -0.2) is 0 Å². The first kappa shape index (κ1) is 12.2. The minimum absolute atomic E-state index is 0.187. The van der Waals surface area contributed by atoms with Gasteiger partial charge in [0.25, 0.3) is 0 Å². The molecule has 0 nitrogen and oxygen atoms in total. The molecule has 1 unspecified atom stereocenters. The minimum Gasteiger partial charge on any atom is -0.143 e. The van der Waals surface area contributed by atoms with E-state index in [1.165, 1.54) is 21.2 Å². The van der Waals surface area contributed by atoms with E-state index in [4.69, 9.17) is 11.6 Å². The van der Waals surface area contributed by atoms with Gasteiger partial charge in [0.15, 0.2) is 0 Å². The standard InChI is InChI=1S/C15H10BrClS/c16-15(10-4-3-5-11(17)8-10)13-9-18-14-7-2-1-6-12(13)14/h1-9,15H. The van der Waals surface area contributed by atoms with Crippen LogP contribution in [0.15, 0.2) is 53.9 Å². The predicted octanol–water partition coefficient (Wildman–Crippen LogP) is 6.04. The third-order valence-corrected chi connectivity index (χ3v) is 5.16. The largest absolute Gasteiger partial charge is 0.143 e. The second-order valence-corrected chi connectivity index (χ2v) is 6.37. The lowest BCUT2D eigenvalue weighted by molar-refractivity contribution is 1.21. The zero-order valence-electron chi connectivity index (χ0n) is 9.44. The zero-order chi connectivity index (χ0) is 12.5. The van der Waals surface area contributed by atoms with Gasteiger partial charge in [-0.3, -0.25) is 0 Å². The Hall–Kier alpha value is -0.830. The molecule has 0 aliphatic carbocycles. The van der Waals surface area contributed by atoms with E-state index in [-0.39, 0.29) is 4.83 Å². The molecule has 0 saturated heterocycles. The molecule has 3 rings (SSSR count). The Morgan fingerprint density at radius 2 is 1.89 bits per heavy atom. The van der Waals surface area contributed by atoms with Gasteiger partial charge in [-0.1, -0.05) is 57.9 Å². The number of benzene rings is 2. The second-order valence-electron chi connectivity index (χ2n) is 4.10.